The SMILES string of the molecule is CC(C)NC(=O)C(C)Nc1nc2ccc(C(=O)O)cc2o1. The lowest BCUT2D eigenvalue weighted by Crippen LogP contribution is -2.41. The summed E-state index contributed by atoms with van der Waals surface area (Å²) < 4.78 is 5.42. The van der Waals surface area contributed by atoms with Gasteiger partial charge in [-0.1, -0.05) is 0 Å². The number of hydrogen-bond donors (Lipinski definition) is 3. The van der Waals surface area contributed by atoms with Gasteiger partial charge in [0.05, 0.1) is 5.56 Å². The Morgan fingerprint density at radius 2 is 2.00 bits per heavy atom. The Morgan fingerprint density at radius 3 is 2.62 bits per heavy atom. The Hall–Kier alpha value is -2.57. The predicted octanol–water partition coefficient (Wildman–Crippen LogP) is 1.85. The molecule has 112 valence electrons. The maximum absolute atomic E-state index is 11.8. The zero-order chi connectivity index (χ0) is 15.6. The lowest BCUT2D eigenvalue weighted by molar-refractivity contribution is -0.122. The van der Waals surface area contributed by atoms with E-state index in [1.165, 1.54) is 12.1 Å². The van der Waals surface area contributed by atoms with Crippen molar-refractivity contribution in [3.63, 3.8) is 0 Å². The van der Waals surface area contributed by atoms with Gasteiger partial charge in [0, 0.05) is 6.04 Å². The second kappa shape index (κ2) is 5.82. The van der Waals surface area contributed by atoms with E-state index < -0.39 is 12.0 Å². The summed E-state index contributed by atoms with van der Waals surface area (Å²) in [5, 5.41) is 14.5. The van der Waals surface area contributed by atoms with Crippen LogP contribution in [0, 0.1) is 0 Å². The fourth-order valence-corrected chi connectivity index (χ4v) is 1.78. The van der Waals surface area contributed by atoms with Crippen LogP contribution >= 0.6 is 0 Å². The molecular formula is C14H17N3O4. The molecule has 2 aromatic rings. The molecule has 1 atom stereocenters. The minimum absolute atomic E-state index is 0.0449. The highest BCUT2D eigenvalue weighted by atomic mass is 16.4. The normalized spacial score (nSPS) is 12.4. The van der Waals surface area contributed by atoms with Crippen LogP contribution in [-0.4, -0.2) is 34.1 Å². The van der Waals surface area contributed by atoms with Gasteiger partial charge >= 0.3 is 5.97 Å². The number of oxazole rings is 1. The Labute approximate surface area is 121 Å². The number of nitrogens with zero attached hydrogens (tertiary/aromatic N) is 1. The molecule has 1 unspecified atom stereocenters. The molecule has 21 heavy (non-hydrogen) atoms. The fourth-order valence-electron chi connectivity index (χ4n) is 1.78. The number of carbonyl (C=O) groups is 2. The van der Waals surface area contributed by atoms with Crippen LogP contribution in [0.2, 0.25) is 0 Å². The minimum atomic E-state index is -1.03. The van der Waals surface area contributed by atoms with E-state index in [0.29, 0.717) is 11.1 Å². The molecule has 0 fully saturated rings. The van der Waals surface area contributed by atoms with Crippen LogP contribution in [0.1, 0.15) is 31.1 Å². The van der Waals surface area contributed by atoms with Crippen LogP contribution in [-0.2, 0) is 4.79 Å². The van der Waals surface area contributed by atoms with Crippen molar-refractivity contribution in [1.29, 1.82) is 0 Å². The van der Waals surface area contributed by atoms with Gasteiger partial charge in [-0.25, -0.2) is 4.79 Å². The first-order valence-electron chi connectivity index (χ1n) is 6.57. The van der Waals surface area contributed by atoms with Gasteiger partial charge in [0.1, 0.15) is 11.6 Å². The lowest BCUT2D eigenvalue weighted by Gasteiger charge is -2.14. The molecule has 0 aliphatic rings. The molecule has 0 aliphatic heterocycles. The smallest absolute Gasteiger partial charge is 0.335 e. The van der Waals surface area contributed by atoms with Gasteiger partial charge in [-0.05, 0) is 39.0 Å². The van der Waals surface area contributed by atoms with E-state index in [2.05, 4.69) is 15.6 Å². The van der Waals surface area contributed by atoms with Gasteiger partial charge in [-0.15, -0.1) is 0 Å². The third-order valence-corrected chi connectivity index (χ3v) is 2.80. The van der Waals surface area contributed by atoms with Crippen LogP contribution in [0.5, 0.6) is 0 Å². The summed E-state index contributed by atoms with van der Waals surface area (Å²) in [5.41, 5.74) is 1.00. The predicted molar refractivity (Wildman–Crippen MR) is 77.3 cm³/mol. The molecule has 0 radical (unpaired) electrons. The highest BCUT2D eigenvalue weighted by Gasteiger charge is 2.16. The van der Waals surface area contributed by atoms with Gasteiger partial charge in [-0.2, -0.15) is 4.98 Å². The largest absolute Gasteiger partial charge is 0.478 e. The molecule has 2 rings (SSSR count). The first-order chi connectivity index (χ1) is 9.86. The topological polar surface area (TPSA) is 104 Å². The summed E-state index contributed by atoms with van der Waals surface area (Å²) in [4.78, 5) is 26.9. The molecule has 0 saturated heterocycles. The Balaban J connectivity index is 2.16. The quantitative estimate of drug-likeness (QED) is 0.776. The maximum atomic E-state index is 11.8. The molecule has 1 aromatic heterocycles. The number of aromatic nitrogens is 1. The van der Waals surface area contributed by atoms with E-state index in [1.807, 2.05) is 13.8 Å². The Kier molecular flexibility index (Phi) is 4.11. The number of nitrogens with one attached hydrogen (secondary N) is 2. The average Bonchev–Trinajstić information content (AvgIpc) is 2.78. The van der Waals surface area contributed by atoms with E-state index in [1.54, 1.807) is 13.0 Å². The first-order valence-corrected chi connectivity index (χ1v) is 6.57. The molecule has 7 nitrogen and oxygen atoms in total. The van der Waals surface area contributed by atoms with Crippen molar-refractivity contribution < 1.29 is 19.1 Å². The van der Waals surface area contributed by atoms with Crippen molar-refractivity contribution in [1.82, 2.24) is 10.3 Å². The number of fused-ring (bicyclic) bond motifs is 1. The zero-order valence-electron chi connectivity index (χ0n) is 12.0. The van der Waals surface area contributed by atoms with Gasteiger partial charge in [0.15, 0.2) is 5.58 Å². The number of benzene rings is 1. The number of aromatic carboxylic acids is 1. The highest BCUT2D eigenvalue weighted by molar-refractivity contribution is 5.92. The summed E-state index contributed by atoms with van der Waals surface area (Å²) in [5.74, 6) is -1.20. The maximum Gasteiger partial charge on any atom is 0.335 e. The number of anilines is 1. The van der Waals surface area contributed by atoms with Gasteiger partial charge in [0.25, 0.3) is 6.01 Å². The Bertz CT molecular complexity index is 678. The molecular weight excluding hydrogens is 274 g/mol. The second-order valence-corrected chi connectivity index (χ2v) is 5.04. The van der Waals surface area contributed by atoms with Crippen LogP contribution in [0.3, 0.4) is 0 Å². The molecule has 7 heteroatoms. The van der Waals surface area contributed by atoms with Crippen molar-refractivity contribution in [2.75, 3.05) is 5.32 Å². The minimum Gasteiger partial charge on any atom is -0.478 e. The number of carbonyl (C=O) groups excluding carboxylic acids is 1. The van der Waals surface area contributed by atoms with Crippen LogP contribution in [0.15, 0.2) is 22.6 Å². The monoisotopic (exact) mass is 291 g/mol. The third kappa shape index (κ3) is 3.50. The average molecular weight is 291 g/mol. The first kappa shape index (κ1) is 14.8. The van der Waals surface area contributed by atoms with E-state index >= 15 is 0 Å². The summed E-state index contributed by atoms with van der Waals surface area (Å²) in [6.07, 6.45) is 0. The van der Waals surface area contributed by atoms with E-state index in [9.17, 15) is 9.59 Å². The van der Waals surface area contributed by atoms with Gasteiger partial charge in [-0.3, -0.25) is 4.79 Å². The molecule has 0 spiro atoms. The van der Waals surface area contributed by atoms with E-state index in [-0.39, 0.29) is 23.5 Å². The summed E-state index contributed by atoms with van der Waals surface area (Å²) in [7, 11) is 0. The Morgan fingerprint density at radius 1 is 1.29 bits per heavy atom. The van der Waals surface area contributed by atoms with Crippen LogP contribution in [0.25, 0.3) is 11.1 Å². The van der Waals surface area contributed by atoms with E-state index in [4.69, 9.17) is 9.52 Å². The van der Waals surface area contributed by atoms with Gasteiger partial charge in [0.2, 0.25) is 5.91 Å². The molecule has 1 amide bonds. The molecule has 1 aromatic carbocycles. The summed E-state index contributed by atoms with van der Waals surface area (Å²) in [6, 6.07) is 4.12. The number of hydrogen-bond acceptors (Lipinski definition) is 5. The fraction of sp³-hybridized carbons (Fsp3) is 0.357. The zero-order valence-corrected chi connectivity index (χ0v) is 12.0. The lowest BCUT2D eigenvalue weighted by atomic mass is 10.2. The molecule has 3 N–H and O–H groups in total. The number of carboxylic acids is 1. The van der Waals surface area contributed by atoms with Crippen molar-refractivity contribution in [2.45, 2.75) is 32.9 Å². The van der Waals surface area contributed by atoms with Crippen molar-refractivity contribution in [3.8, 4) is 0 Å². The van der Waals surface area contributed by atoms with Crippen LogP contribution < -0.4 is 10.6 Å². The van der Waals surface area contributed by atoms with Gasteiger partial charge < -0.3 is 20.2 Å². The number of rotatable bonds is 5. The standard InChI is InChI=1S/C14H17N3O4/c1-7(2)15-12(18)8(3)16-14-17-10-5-4-9(13(19)20)6-11(10)21-14/h4-8H,1-3H3,(H,15,18)(H,16,17)(H,19,20). The van der Waals surface area contributed by atoms with Crippen molar-refractivity contribution >= 4 is 29.0 Å². The number of carboxylic acid groups (broad SMARTS) is 1. The second-order valence-electron chi connectivity index (χ2n) is 5.04. The molecule has 0 aliphatic carbocycles. The highest BCUT2D eigenvalue weighted by Crippen LogP contribution is 2.20. The summed E-state index contributed by atoms with van der Waals surface area (Å²) >= 11 is 0. The van der Waals surface area contributed by atoms with Crippen molar-refractivity contribution in [3.05, 3.63) is 23.8 Å². The van der Waals surface area contributed by atoms with Crippen molar-refractivity contribution in [2.24, 2.45) is 0 Å². The number of amides is 1. The van der Waals surface area contributed by atoms with E-state index in [0.717, 1.165) is 0 Å². The molecule has 1 heterocycles. The molecule has 0 saturated carbocycles. The van der Waals surface area contributed by atoms with Crippen LogP contribution in [0.4, 0.5) is 6.01 Å². The third-order valence-electron chi connectivity index (χ3n) is 2.80. The molecule has 0 bridgehead atoms. The summed E-state index contributed by atoms with van der Waals surface area (Å²) in [6.45, 7) is 5.43.